The van der Waals surface area contributed by atoms with Gasteiger partial charge >= 0.3 is 0 Å². The molecule has 13 heteroatoms. The maximum atomic E-state index is 13.6. The zero-order valence-electron chi connectivity index (χ0n) is 23.0. The first kappa shape index (κ1) is 28.5. The average molecular weight is 582 g/mol. The van der Waals surface area contributed by atoms with Crippen LogP contribution in [0.5, 0.6) is 5.88 Å². The molecule has 218 valence electrons. The summed E-state index contributed by atoms with van der Waals surface area (Å²) in [5, 5.41) is 28.1. The summed E-state index contributed by atoms with van der Waals surface area (Å²) in [6.07, 6.45) is 2.82. The molecule has 8 N–H and O–H groups in total. The van der Waals surface area contributed by atoms with E-state index in [0.29, 0.717) is 62.0 Å². The second-order valence-electron chi connectivity index (χ2n) is 9.53. The standard InChI is InChI=1S/C30H28FN9O3/c1-16-24(15-36-40-27-20-13-19(31)8-9-22(20)38-30(27)43)37-17(2)26(16)29(42)34-12-11-33-25-10-7-18(14-35-25)28(41)39-23-6-4-3-5-21(23)32/h3-10,13-15,37-38,43H,1,11-12,32H2,2H3,(H,33,35)(H,34,42)(H,39,41). The number of hydrogen-bond acceptors (Lipinski definition) is 8. The van der Waals surface area contributed by atoms with Gasteiger partial charge in [0.05, 0.1) is 39.6 Å². The van der Waals surface area contributed by atoms with Crippen molar-refractivity contribution >= 4 is 58.4 Å². The van der Waals surface area contributed by atoms with Gasteiger partial charge in [0.2, 0.25) is 5.88 Å². The summed E-state index contributed by atoms with van der Waals surface area (Å²) in [6.45, 7) is 6.39. The zero-order valence-corrected chi connectivity index (χ0v) is 23.0. The number of halogens is 1. The molecule has 0 aliphatic heterocycles. The molecule has 0 atom stereocenters. The molecule has 3 heterocycles. The van der Waals surface area contributed by atoms with E-state index >= 15 is 0 Å². The molecule has 12 nitrogen and oxygen atoms in total. The number of amides is 2. The first-order valence-corrected chi connectivity index (χ1v) is 13.1. The number of rotatable bonds is 9. The lowest BCUT2D eigenvalue weighted by molar-refractivity contribution is 0.0953. The molecule has 5 rings (SSSR count). The van der Waals surface area contributed by atoms with Gasteiger partial charge in [0.15, 0.2) is 5.69 Å². The molecule has 0 radical (unpaired) electrons. The first-order chi connectivity index (χ1) is 20.7. The number of aromatic amines is 2. The number of aryl methyl sites for hydroxylation is 1. The monoisotopic (exact) mass is 581 g/mol. The Morgan fingerprint density at radius 1 is 1.12 bits per heavy atom. The Morgan fingerprint density at radius 2 is 1.93 bits per heavy atom. The van der Waals surface area contributed by atoms with Gasteiger partial charge in [-0.25, -0.2) is 9.37 Å². The molecule has 2 aromatic carbocycles. The number of pyridine rings is 1. The van der Waals surface area contributed by atoms with E-state index in [2.05, 4.69) is 47.7 Å². The van der Waals surface area contributed by atoms with E-state index in [9.17, 15) is 19.1 Å². The lowest BCUT2D eigenvalue weighted by atomic mass is 10.2. The number of azo groups is 1. The molecule has 43 heavy (non-hydrogen) atoms. The molecule has 0 spiro atoms. The smallest absolute Gasteiger partial charge is 0.257 e. The number of aromatic nitrogens is 3. The van der Waals surface area contributed by atoms with Gasteiger partial charge in [-0.05, 0) is 49.4 Å². The van der Waals surface area contributed by atoms with Crippen LogP contribution in [0, 0.1) is 12.7 Å². The summed E-state index contributed by atoms with van der Waals surface area (Å²) in [4.78, 5) is 35.4. The van der Waals surface area contributed by atoms with E-state index < -0.39 is 5.82 Å². The number of carbonyl (C=O) groups is 2. The third-order valence-corrected chi connectivity index (χ3v) is 6.56. The minimum Gasteiger partial charge on any atom is -0.493 e. The highest BCUT2D eigenvalue weighted by Gasteiger charge is 2.14. The van der Waals surface area contributed by atoms with Crippen LogP contribution in [0.3, 0.4) is 0 Å². The lowest BCUT2D eigenvalue weighted by Crippen LogP contribution is -2.34. The number of nitrogen functional groups attached to an aromatic ring is 1. The molecule has 0 saturated carbocycles. The topological polar surface area (TPSA) is 186 Å². The van der Waals surface area contributed by atoms with Gasteiger partial charge in [-0.3, -0.25) is 9.59 Å². The van der Waals surface area contributed by atoms with E-state index in [0.717, 1.165) is 0 Å². The van der Waals surface area contributed by atoms with Crippen LogP contribution >= 0.6 is 0 Å². The van der Waals surface area contributed by atoms with Crippen molar-refractivity contribution in [1.82, 2.24) is 20.3 Å². The predicted octanol–water partition coefficient (Wildman–Crippen LogP) is 3.65. The fourth-order valence-corrected chi connectivity index (χ4v) is 4.39. The Kier molecular flexibility index (Phi) is 8.14. The Hall–Kier alpha value is -5.98. The zero-order chi connectivity index (χ0) is 30.5. The summed E-state index contributed by atoms with van der Waals surface area (Å²) in [6, 6.07) is 14.3. The van der Waals surface area contributed by atoms with Crippen LogP contribution in [0.1, 0.15) is 26.4 Å². The van der Waals surface area contributed by atoms with E-state index in [1.165, 1.54) is 30.6 Å². The van der Waals surface area contributed by atoms with Gasteiger partial charge in [-0.1, -0.05) is 18.7 Å². The van der Waals surface area contributed by atoms with E-state index in [-0.39, 0.29) is 29.9 Å². The maximum absolute atomic E-state index is 13.6. The van der Waals surface area contributed by atoms with Crippen molar-refractivity contribution in [2.45, 2.75) is 6.92 Å². The normalized spacial score (nSPS) is 11.7. The van der Waals surface area contributed by atoms with Gasteiger partial charge in [0.25, 0.3) is 11.8 Å². The molecule has 0 bridgehead atoms. The molecule has 0 fully saturated rings. The van der Waals surface area contributed by atoms with Crippen molar-refractivity contribution in [3.8, 4) is 5.88 Å². The van der Waals surface area contributed by atoms with Gasteiger partial charge in [-0.2, -0.15) is 5.11 Å². The Morgan fingerprint density at radius 3 is 2.70 bits per heavy atom. The highest BCUT2D eigenvalue weighted by Crippen LogP contribution is 2.35. The van der Waals surface area contributed by atoms with Crippen LogP contribution in [0.25, 0.3) is 23.7 Å². The van der Waals surface area contributed by atoms with Gasteiger partial charge in [0.1, 0.15) is 11.6 Å². The van der Waals surface area contributed by atoms with Crippen LogP contribution in [-0.2, 0) is 0 Å². The van der Waals surface area contributed by atoms with E-state index in [1.54, 1.807) is 43.3 Å². The minimum atomic E-state index is -0.470. The van der Waals surface area contributed by atoms with Crippen molar-refractivity contribution in [2.75, 3.05) is 29.5 Å². The van der Waals surface area contributed by atoms with Crippen molar-refractivity contribution in [3.05, 3.63) is 94.0 Å². The fraction of sp³-hybridized carbons (Fsp3) is 0.100. The molecule has 0 unspecified atom stereocenters. The van der Waals surface area contributed by atoms with Gasteiger partial charge in [0, 0.05) is 35.6 Å². The summed E-state index contributed by atoms with van der Waals surface area (Å²) in [5.74, 6) is -0.843. The number of nitrogens with zero attached hydrogens (tertiary/aromatic N) is 3. The average Bonchev–Trinajstić information content (AvgIpc) is 3.45. The maximum Gasteiger partial charge on any atom is 0.257 e. The van der Waals surface area contributed by atoms with Gasteiger partial charge in [-0.15, -0.1) is 5.11 Å². The summed E-state index contributed by atoms with van der Waals surface area (Å²) >= 11 is 0. The number of aromatic hydroxyl groups is 1. The molecular weight excluding hydrogens is 553 g/mol. The Labute approximate surface area is 244 Å². The Balaban J connectivity index is 1.16. The molecule has 0 aliphatic rings. The number of para-hydroxylation sites is 2. The van der Waals surface area contributed by atoms with E-state index in [4.69, 9.17) is 5.73 Å². The number of nitrogens with two attached hydrogens (primary N) is 1. The minimum absolute atomic E-state index is 0.0925. The van der Waals surface area contributed by atoms with Crippen LogP contribution < -0.4 is 32.3 Å². The SMILES string of the molecule is C=c1c(C(=O)NCCNc2ccc(C(=O)Nc3ccccc3N)cn2)c(C)[nH]c1=CN=Nc1c(O)[nH]c2ccc(F)cc12. The van der Waals surface area contributed by atoms with Crippen molar-refractivity contribution < 1.29 is 19.1 Å². The second kappa shape index (κ2) is 12.3. The van der Waals surface area contributed by atoms with Crippen molar-refractivity contribution in [1.29, 1.82) is 0 Å². The fourth-order valence-electron chi connectivity index (χ4n) is 4.39. The summed E-state index contributed by atoms with van der Waals surface area (Å²) < 4.78 is 13.6. The van der Waals surface area contributed by atoms with Crippen LogP contribution in [0.2, 0.25) is 0 Å². The summed E-state index contributed by atoms with van der Waals surface area (Å²) in [5.41, 5.74) is 8.78. The number of H-pyrrole nitrogens is 2. The number of hydrogen-bond donors (Lipinski definition) is 7. The quantitative estimate of drug-likeness (QED) is 0.0791. The number of benzene rings is 2. The third-order valence-electron chi connectivity index (χ3n) is 6.56. The molecule has 0 saturated heterocycles. The largest absolute Gasteiger partial charge is 0.493 e. The lowest BCUT2D eigenvalue weighted by Gasteiger charge is -2.09. The second-order valence-corrected chi connectivity index (χ2v) is 9.53. The van der Waals surface area contributed by atoms with Crippen LogP contribution in [-0.4, -0.2) is 45.0 Å². The number of nitrogens with one attached hydrogen (secondary N) is 5. The first-order valence-electron chi connectivity index (χ1n) is 13.1. The number of anilines is 3. The third kappa shape index (κ3) is 6.35. The van der Waals surface area contributed by atoms with Crippen LogP contribution in [0.15, 0.2) is 71.0 Å². The van der Waals surface area contributed by atoms with Crippen molar-refractivity contribution in [3.63, 3.8) is 0 Å². The van der Waals surface area contributed by atoms with Gasteiger partial charge < -0.3 is 36.8 Å². The van der Waals surface area contributed by atoms with Crippen LogP contribution in [0.4, 0.5) is 27.3 Å². The Bertz CT molecular complexity index is 1960. The molecule has 0 aliphatic carbocycles. The molecule has 3 aromatic heterocycles. The number of fused-ring (bicyclic) bond motifs is 1. The molecular formula is C30H28FN9O3. The van der Waals surface area contributed by atoms with E-state index in [1.807, 2.05) is 0 Å². The molecule has 2 amide bonds. The molecule has 5 aromatic rings. The highest BCUT2D eigenvalue weighted by molar-refractivity contribution is 6.05. The van der Waals surface area contributed by atoms with Crippen molar-refractivity contribution in [2.24, 2.45) is 10.2 Å². The highest BCUT2D eigenvalue weighted by atomic mass is 19.1. The number of carbonyl (C=O) groups excluding carboxylic acids is 2. The summed E-state index contributed by atoms with van der Waals surface area (Å²) in [7, 11) is 0. The predicted molar refractivity (Wildman–Crippen MR) is 163 cm³/mol.